The van der Waals surface area contributed by atoms with Crippen molar-refractivity contribution in [3.05, 3.63) is 29.3 Å². The average molecular weight is 338 g/mol. The molecule has 0 aliphatic rings. The monoisotopic (exact) mass is 337 g/mol. The SMILES string of the molecule is Cc1ccc(OC(F)F)c(CNC(=O)CNC(=O)CN)c1.Cl. The van der Waals surface area contributed by atoms with Crippen LogP contribution in [0.2, 0.25) is 0 Å². The highest BCUT2D eigenvalue weighted by atomic mass is 35.5. The molecule has 6 nitrogen and oxygen atoms in total. The fourth-order valence-corrected chi connectivity index (χ4v) is 1.56. The van der Waals surface area contributed by atoms with Crippen molar-refractivity contribution >= 4 is 24.2 Å². The maximum absolute atomic E-state index is 12.3. The van der Waals surface area contributed by atoms with E-state index in [1.165, 1.54) is 6.07 Å². The second-order valence-corrected chi connectivity index (χ2v) is 4.25. The number of aryl methyl sites for hydroxylation is 1. The molecule has 0 aliphatic heterocycles. The van der Waals surface area contributed by atoms with Gasteiger partial charge >= 0.3 is 6.61 Å². The van der Waals surface area contributed by atoms with Crippen molar-refractivity contribution in [1.82, 2.24) is 10.6 Å². The van der Waals surface area contributed by atoms with Crippen LogP contribution in [0, 0.1) is 6.92 Å². The Labute approximate surface area is 132 Å². The van der Waals surface area contributed by atoms with E-state index in [4.69, 9.17) is 5.73 Å². The number of nitrogens with two attached hydrogens (primary N) is 1. The summed E-state index contributed by atoms with van der Waals surface area (Å²) in [6, 6.07) is 4.68. The van der Waals surface area contributed by atoms with Crippen LogP contribution in [0.1, 0.15) is 11.1 Å². The predicted molar refractivity (Wildman–Crippen MR) is 79.0 cm³/mol. The Kier molecular flexibility index (Phi) is 9.04. The first-order chi connectivity index (χ1) is 9.92. The molecule has 0 aromatic heterocycles. The van der Waals surface area contributed by atoms with Crippen LogP contribution in [0.5, 0.6) is 5.75 Å². The fourth-order valence-electron chi connectivity index (χ4n) is 1.56. The Morgan fingerprint density at radius 3 is 2.55 bits per heavy atom. The van der Waals surface area contributed by atoms with Gasteiger partial charge in [-0.15, -0.1) is 12.4 Å². The van der Waals surface area contributed by atoms with Gasteiger partial charge in [0.2, 0.25) is 11.8 Å². The van der Waals surface area contributed by atoms with E-state index >= 15 is 0 Å². The summed E-state index contributed by atoms with van der Waals surface area (Å²) in [5, 5.41) is 4.80. The quantitative estimate of drug-likeness (QED) is 0.683. The molecule has 4 N–H and O–H groups in total. The Morgan fingerprint density at radius 1 is 1.27 bits per heavy atom. The Bertz CT molecular complexity index is 515. The van der Waals surface area contributed by atoms with Gasteiger partial charge in [-0.05, 0) is 13.0 Å². The van der Waals surface area contributed by atoms with E-state index in [-0.39, 0.29) is 37.8 Å². The van der Waals surface area contributed by atoms with Gasteiger partial charge in [0.15, 0.2) is 0 Å². The molecule has 1 aromatic carbocycles. The summed E-state index contributed by atoms with van der Waals surface area (Å²) in [5.74, 6) is -0.911. The second-order valence-electron chi connectivity index (χ2n) is 4.25. The van der Waals surface area contributed by atoms with Crippen LogP contribution in [0.25, 0.3) is 0 Å². The number of hydrogen-bond donors (Lipinski definition) is 3. The molecule has 0 saturated carbocycles. The van der Waals surface area contributed by atoms with Crippen molar-refractivity contribution in [2.24, 2.45) is 5.73 Å². The molecule has 0 spiro atoms. The van der Waals surface area contributed by atoms with E-state index in [0.29, 0.717) is 5.56 Å². The number of amides is 2. The van der Waals surface area contributed by atoms with E-state index in [1.807, 2.05) is 0 Å². The van der Waals surface area contributed by atoms with Crippen molar-refractivity contribution < 1.29 is 23.1 Å². The van der Waals surface area contributed by atoms with Crippen LogP contribution in [0.15, 0.2) is 18.2 Å². The lowest BCUT2D eigenvalue weighted by Crippen LogP contribution is -2.39. The van der Waals surface area contributed by atoms with Gasteiger partial charge in [0, 0.05) is 12.1 Å². The first kappa shape index (κ1) is 20.1. The lowest BCUT2D eigenvalue weighted by molar-refractivity contribution is -0.125. The van der Waals surface area contributed by atoms with Gasteiger partial charge in [-0.25, -0.2) is 0 Å². The van der Waals surface area contributed by atoms with E-state index in [1.54, 1.807) is 19.1 Å². The fraction of sp³-hybridized carbons (Fsp3) is 0.385. The minimum Gasteiger partial charge on any atom is -0.434 e. The molecule has 22 heavy (non-hydrogen) atoms. The zero-order valence-electron chi connectivity index (χ0n) is 11.9. The lowest BCUT2D eigenvalue weighted by Gasteiger charge is -2.12. The molecule has 1 rings (SSSR count). The molecular formula is C13H18ClF2N3O3. The molecule has 0 heterocycles. The number of hydrogen-bond acceptors (Lipinski definition) is 4. The molecular weight excluding hydrogens is 320 g/mol. The topological polar surface area (TPSA) is 93.5 Å². The van der Waals surface area contributed by atoms with Gasteiger partial charge in [-0.3, -0.25) is 9.59 Å². The third-order valence-corrected chi connectivity index (χ3v) is 2.54. The number of carbonyl (C=O) groups excluding carboxylic acids is 2. The van der Waals surface area contributed by atoms with Crippen molar-refractivity contribution in [1.29, 1.82) is 0 Å². The number of ether oxygens (including phenoxy) is 1. The van der Waals surface area contributed by atoms with Gasteiger partial charge in [-0.2, -0.15) is 8.78 Å². The Hall–Kier alpha value is -1.93. The van der Waals surface area contributed by atoms with E-state index in [2.05, 4.69) is 15.4 Å². The van der Waals surface area contributed by atoms with Crippen molar-refractivity contribution in [3.8, 4) is 5.75 Å². The lowest BCUT2D eigenvalue weighted by atomic mass is 10.1. The smallest absolute Gasteiger partial charge is 0.387 e. The molecule has 1 aromatic rings. The Balaban J connectivity index is 0.00000441. The number of alkyl halides is 2. The third kappa shape index (κ3) is 7.19. The van der Waals surface area contributed by atoms with Gasteiger partial charge in [0.05, 0.1) is 13.1 Å². The van der Waals surface area contributed by atoms with Crippen molar-refractivity contribution in [2.45, 2.75) is 20.1 Å². The van der Waals surface area contributed by atoms with E-state index in [9.17, 15) is 18.4 Å². The van der Waals surface area contributed by atoms with Crippen LogP contribution >= 0.6 is 12.4 Å². The molecule has 0 fully saturated rings. The van der Waals surface area contributed by atoms with E-state index < -0.39 is 18.4 Å². The zero-order chi connectivity index (χ0) is 15.8. The summed E-state index contributed by atoms with van der Waals surface area (Å²) in [6.07, 6.45) is 0. The number of rotatable bonds is 7. The average Bonchev–Trinajstić information content (AvgIpc) is 2.44. The van der Waals surface area contributed by atoms with Crippen molar-refractivity contribution in [3.63, 3.8) is 0 Å². The highest BCUT2D eigenvalue weighted by Gasteiger charge is 2.11. The summed E-state index contributed by atoms with van der Waals surface area (Å²) in [7, 11) is 0. The van der Waals surface area contributed by atoms with Gasteiger partial charge in [0.1, 0.15) is 5.75 Å². The molecule has 0 saturated heterocycles. The number of halogens is 3. The number of carbonyl (C=O) groups is 2. The molecule has 0 unspecified atom stereocenters. The zero-order valence-corrected chi connectivity index (χ0v) is 12.7. The van der Waals surface area contributed by atoms with E-state index in [0.717, 1.165) is 5.56 Å². The normalized spacial score (nSPS) is 9.86. The molecule has 0 radical (unpaired) electrons. The van der Waals surface area contributed by atoms with Crippen molar-refractivity contribution in [2.75, 3.05) is 13.1 Å². The highest BCUT2D eigenvalue weighted by molar-refractivity contribution is 5.85. The molecule has 0 bridgehead atoms. The minimum atomic E-state index is -2.94. The summed E-state index contributed by atoms with van der Waals surface area (Å²) < 4.78 is 28.9. The Morgan fingerprint density at radius 2 is 1.95 bits per heavy atom. The summed E-state index contributed by atoms with van der Waals surface area (Å²) >= 11 is 0. The summed E-state index contributed by atoms with van der Waals surface area (Å²) in [6.45, 7) is -1.57. The van der Waals surface area contributed by atoms with Crippen LogP contribution < -0.4 is 21.1 Å². The standard InChI is InChI=1S/C13H17F2N3O3.ClH/c1-8-2-3-10(21-13(14)15)9(4-8)6-17-12(20)7-18-11(19)5-16;/h2-4,13H,5-7,16H2,1H3,(H,17,20)(H,18,19);1H. The third-order valence-electron chi connectivity index (χ3n) is 2.54. The summed E-state index contributed by atoms with van der Waals surface area (Å²) in [5.41, 5.74) is 6.34. The first-order valence-electron chi connectivity index (χ1n) is 6.20. The molecule has 2 amide bonds. The molecule has 0 atom stereocenters. The maximum atomic E-state index is 12.3. The van der Waals surface area contributed by atoms with Gasteiger partial charge in [0.25, 0.3) is 0 Å². The largest absolute Gasteiger partial charge is 0.434 e. The first-order valence-corrected chi connectivity index (χ1v) is 6.20. The summed E-state index contributed by atoms with van der Waals surface area (Å²) in [4.78, 5) is 22.4. The predicted octanol–water partition coefficient (Wildman–Crippen LogP) is 0.709. The molecule has 0 aliphatic carbocycles. The van der Waals surface area contributed by atoms with Crippen LogP contribution in [-0.2, 0) is 16.1 Å². The second kappa shape index (κ2) is 9.91. The van der Waals surface area contributed by atoms with Crippen LogP contribution in [0.4, 0.5) is 8.78 Å². The number of benzene rings is 1. The maximum Gasteiger partial charge on any atom is 0.387 e. The van der Waals surface area contributed by atoms with Gasteiger partial charge < -0.3 is 21.1 Å². The van der Waals surface area contributed by atoms with Crippen LogP contribution in [0.3, 0.4) is 0 Å². The number of nitrogens with one attached hydrogen (secondary N) is 2. The van der Waals surface area contributed by atoms with Gasteiger partial charge in [-0.1, -0.05) is 17.7 Å². The molecule has 124 valence electrons. The van der Waals surface area contributed by atoms with Crippen LogP contribution in [-0.4, -0.2) is 31.5 Å². The molecule has 9 heteroatoms. The minimum absolute atomic E-state index is 0. The highest BCUT2D eigenvalue weighted by Crippen LogP contribution is 2.21.